The van der Waals surface area contributed by atoms with Crippen molar-refractivity contribution in [2.24, 2.45) is 10.9 Å². The zero-order valence-corrected chi connectivity index (χ0v) is 16.5. The lowest BCUT2D eigenvalue weighted by Crippen LogP contribution is -2.24. The predicted octanol–water partition coefficient (Wildman–Crippen LogP) is 4.62. The first kappa shape index (κ1) is 22.2. The molecule has 0 N–H and O–H groups in total. The van der Waals surface area contributed by atoms with Gasteiger partial charge in [0.2, 0.25) is 0 Å². The molecule has 0 aliphatic carbocycles. The number of hydrogen-bond donors (Lipinski definition) is 0. The third kappa shape index (κ3) is 4.18. The van der Waals surface area contributed by atoms with E-state index in [0.29, 0.717) is 17.8 Å². The van der Waals surface area contributed by atoms with Crippen LogP contribution in [0.2, 0.25) is 0 Å². The molecule has 0 amide bonds. The van der Waals surface area contributed by atoms with Crippen molar-refractivity contribution < 1.29 is 34.8 Å². The topological polar surface area (TPSA) is 72.3 Å². The lowest BCUT2D eigenvalue weighted by atomic mass is 9.91. The third-order valence-corrected chi connectivity index (χ3v) is 6.37. The van der Waals surface area contributed by atoms with Crippen LogP contribution in [0, 0.1) is 5.92 Å². The van der Waals surface area contributed by atoms with E-state index < -0.39 is 50.0 Å². The first-order valence-electron chi connectivity index (χ1n) is 8.69. The Kier molecular flexibility index (Phi) is 5.42. The minimum Gasteiger partial charge on any atom is -0.253 e. The molecule has 0 fully saturated rings. The van der Waals surface area contributed by atoms with Crippen LogP contribution in [-0.2, 0) is 28.6 Å². The molecular weight excluding hydrogens is 436 g/mol. The molecular formula is C18H15F6N3O2S. The number of aromatic nitrogens is 2. The molecule has 0 saturated heterocycles. The first-order valence-corrected chi connectivity index (χ1v) is 10.3. The van der Waals surface area contributed by atoms with Crippen molar-refractivity contribution in [2.45, 2.75) is 37.5 Å². The molecule has 162 valence electrons. The second-order valence-corrected chi connectivity index (χ2v) is 9.02. The maximum atomic E-state index is 13.1. The Balaban J connectivity index is 2.23. The molecule has 3 rings (SSSR count). The molecule has 0 radical (unpaired) electrons. The van der Waals surface area contributed by atoms with Crippen LogP contribution < -0.4 is 0 Å². The smallest absolute Gasteiger partial charge is 0.253 e. The number of halogens is 6. The zero-order chi connectivity index (χ0) is 22.5. The van der Waals surface area contributed by atoms with E-state index >= 15 is 0 Å². The van der Waals surface area contributed by atoms with Crippen LogP contribution in [-0.4, -0.2) is 29.9 Å². The van der Waals surface area contributed by atoms with Crippen molar-refractivity contribution in [1.29, 1.82) is 0 Å². The molecule has 12 heteroatoms. The van der Waals surface area contributed by atoms with Crippen molar-refractivity contribution in [2.75, 3.05) is 5.75 Å². The van der Waals surface area contributed by atoms with Gasteiger partial charge in [-0.1, -0.05) is 13.8 Å². The SMILES string of the molecule is CCS(=O)(=O)c1cc(C(F)(F)F)cnc1C1=Nc2cc(C(F)(F)F)ncc2CC1C. The molecule has 5 nitrogen and oxygen atoms in total. The van der Waals surface area contributed by atoms with E-state index in [1.807, 2.05) is 0 Å². The second kappa shape index (κ2) is 7.33. The average Bonchev–Trinajstić information content (AvgIpc) is 2.65. The molecule has 1 aliphatic heterocycles. The van der Waals surface area contributed by atoms with Crippen molar-refractivity contribution >= 4 is 21.2 Å². The van der Waals surface area contributed by atoms with Crippen LogP contribution in [0.3, 0.4) is 0 Å². The number of nitrogens with zero attached hydrogens (tertiary/aromatic N) is 3. The molecule has 1 atom stereocenters. The number of pyridine rings is 2. The Bertz CT molecular complexity index is 1120. The zero-order valence-electron chi connectivity index (χ0n) is 15.6. The van der Waals surface area contributed by atoms with Crippen LogP contribution in [0.4, 0.5) is 32.0 Å². The molecule has 2 aromatic heterocycles. The highest BCUT2D eigenvalue weighted by Gasteiger charge is 2.36. The molecule has 0 spiro atoms. The second-order valence-electron chi connectivity index (χ2n) is 6.77. The largest absolute Gasteiger partial charge is 0.433 e. The van der Waals surface area contributed by atoms with Gasteiger partial charge in [-0.25, -0.2) is 8.42 Å². The number of fused-ring (bicyclic) bond motifs is 1. The number of alkyl halides is 6. The van der Waals surface area contributed by atoms with Gasteiger partial charge in [0.1, 0.15) is 11.4 Å². The van der Waals surface area contributed by atoms with E-state index in [4.69, 9.17) is 0 Å². The fourth-order valence-electron chi connectivity index (χ4n) is 3.03. The summed E-state index contributed by atoms with van der Waals surface area (Å²) in [5.74, 6) is -0.991. The fraction of sp³-hybridized carbons (Fsp3) is 0.389. The van der Waals surface area contributed by atoms with Crippen molar-refractivity contribution in [3.63, 3.8) is 0 Å². The van der Waals surface area contributed by atoms with E-state index in [1.54, 1.807) is 6.92 Å². The normalized spacial score (nSPS) is 17.5. The monoisotopic (exact) mass is 451 g/mol. The first-order chi connectivity index (χ1) is 13.7. The molecule has 3 heterocycles. The molecule has 0 bridgehead atoms. The van der Waals surface area contributed by atoms with Crippen LogP contribution in [0.5, 0.6) is 0 Å². The summed E-state index contributed by atoms with van der Waals surface area (Å²) in [6.07, 6.45) is -7.82. The van der Waals surface area contributed by atoms with Gasteiger partial charge in [0.25, 0.3) is 0 Å². The highest BCUT2D eigenvalue weighted by molar-refractivity contribution is 7.91. The van der Waals surface area contributed by atoms with Gasteiger partial charge in [-0.3, -0.25) is 15.0 Å². The third-order valence-electron chi connectivity index (χ3n) is 4.62. The average molecular weight is 451 g/mol. The number of aliphatic imine (C=N–C) groups is 1. The lowest BCUT2D eigenvalue weighted by Gasteiger charge is -2.23. The number of sulfone groups is 1. The maximum Gasteiger partial charge on any atom is 0.433 e. The summed E-state index contributed by atoms with van der Waals surface area (Å²) in [6.45, 7) is 2.89. The van der Waals surface area contributed by atoms with Gasteiger partial charge < -0.3 is 0 Å². The van der Waals surface area contributed by atoms with Gasteiger partial charge in [-0.05, 0) is 24.1 Å². The van der Waals surface area contributed by atoms with E-state index in [9.17, 15) is 34.8 Å². The minimum absolute atomic E-state index is 0.00238. The summed E-state index contributed by atoms with van der Waals surface area (Å²) in [7, 11) is -4.13. The summed E-state index contributed by atoms with van der Waals surface area (Å²) < 4.78 is 103. The van der Waals surface area contributed by atoms with E-state index in [-0.39, 0.29) is 23.5 Å². The lowest BCUT2D eigenvalue weighted by molar-refractivity contribution is -0.141. The van der Waals surface area contributed by atoms with Gasteiger partial charge in [0.15, 0.2) is 9.84 Å². The standard InChI is InChI=1S/C18H15F6N3O2S/c1-3-30(28,29)13-5-11(17(19,20)21)8-26-16(13)15-9(2)4-10-7-25-14(18(22,23)24)6-12(10)27-15/h5-9H,3-4H2,1-2H3. The Morgan fingerprint density at radius 1 is 1.03 bits per heavy atom. The van der Waals surface area contributed by atoms with Crippen molar-refractivity contribution in [1.82, 2.24) is 9.97 Å². The molecule has 1 unspecified atom stereocenters. The molecule has 0 saturated carbocycles. The Morgan fingerprint density at radius 3 is 2.27 bits per heavy atom. The fourth-order valence-corrected chi connectivity index (χ4v) is 4.10. The quantitative estimate of drug-likeness (QED) is 0.639. The van der Waals surface area contributed by atoms with Gasteiger partial charge in [-0.15, -0.1) is 0 Å². The number of hydrogen-bond acceptors (Lipinski definition) is 5. The summed E-state index contributed by atoms with van der Waals surface area (Å²) in [6, 6.07) is 1.21. The Hall–Kier alpha value is -2.50. The predicted molar refractivity (Wildman–Crippen MR) is 95.3 cm³/mol. The summed E-state index contributed by atoms with van der Waals surface area (Å²) in [4.78, 5) is 10.6. The Morgan fingerprint density at radius 2 is 1.70 bits per heavy atom. The molecule has 30 heavy (non-hydrogen) atoms. The Labute approximate surface area is 167 Å². The van der Waals surface area contributed by atoms with E-state index in [2.05, 4.69) is 15.0 Å². The van der Waals surface area contributed by atoms with Gasteiger partial charge in [-0.2, -0.15) is 26.3 Å². The van der Waals surface area contributed by atoms with Crippen molar-refractivity contribution in [3.05, 3.63) is 47.0 Å². The minimum atomic E-state index is -4.82. The van der Waals surface area contributed by atoms with Gasteiger partial charge in [0.05, 0.1) is 27.6 Å². The number of rotatable bonds is 3. The van der Waals surface area contributed by atoms with Crippen LogP contribution in [0.15, 0.2) is 34.4 Å². The van der Waals surface area contributed by atoms with Crippen LogP contribution in [0.25, 0.3) is 0 Å². The summed E-state index contributed by atoms with van der Waals surface area (Å²) in [5, 5.41) is 0. The summed E-state index contributed by atoms with van der Waals surface area (Å²) in [5.41, 5.74) is -2.39. The highest BCUT2D eigenvalue weighted by atomic mass is 32.2. The van der Waals surface area contributed by atoms with Gasteiger partial charge in [0, 0.05) is 18.3 Å². The van der Waals surface area contributed by atoms with E-state index in [1.165, 1.54) is 6.92 Å². The van der Waals surface area contributed by atoms with Gasteiger partial charge >= 0.3 is 12.4 Å². The highest BCUT2D eigenvalue weighted by Crippen LogP contribution is 2.37. The van der Waals surface area contributed by atoms with Crippen LogP contribution in [0.1, 0.15) is 36.4 Å². The molecule has 2 aromatic rings. The summed E-state index contributed by atoms with van der Waals surface area (Å²) >= 11 is 0. The van der Waals surface area contributed by atoms with Crippen LogP contribution >= 0.6 is 0 Å². The maximum absolute atomic E-state index is 13.1. The van der Waals surface area contributed by atoms with Crippen molar-refractivity contribution in [3.8, 4) is 0 Å². The van der Waals surface area contributed by atoms with E-state index in [0.717, 1.165) is 12.3 Å². The molecule has 1 aliphatic rings. The molecule has 0 aromatic carbocycles.